The quantitative estimate of drug-likeness (QED) is 0.767. The zero-order valence-electron chi connectivity index (χ0n) is 9.99. The van der Waals surface area contributed by atoms with Crippen LogP contribution in [0, 0.1) is 6.92 Å². The Morgan fingerprint density at radius 2 is 2.31 bits per heavy atom. The summed E-state index contributed by atoms with van der Waals surface area (Å²) in [6, 6.07) is 6.39. The van der Waals surface area contributed by atoms with Crippen LogP contribution in [0.15, 0.2) is 18.2 Å². The van der Waals surface area contributed by atoms with Gasteiger partial charge in [-0.15, -0.1) is 0 Å². The minimum atomic E-state index is 0.174. The highest BCUT2D eigenvalue weighted by Crippen LogP contribution is 2.25. The fourth-order valence-electron chi connectivity index (χ4n) is 2.17. The highest BCUT2D eigenvalue weighted by molar-refractivity contribution is 5.54. The highest BCUT2D eigenvalue weighted by Gasteiger charge is 2.22. The molecule has 1 aliphatic rings. The van der Waals surface area contributed by atoms with E-state index in [1.807, 2.05) is 25.1 Å². The number of ether oxygens (including phenoxy) is 1. The van der Waals surface area contributed by atoms with Crippen LogP contribution in [0.5, 0.6) is 5.75 Å². The van der Waals surface area contributed by atoms with Gasteiger partial charge in [0.1, 0.15) is 11.9 Å². The number of hydrogen-bond acceptors (Lipinski definition) is 3. The summed E-state index contributed by atoms with van der Waals surface area (Å²) in [6.07, 6.45) is 2.60. The smallest absolute Gasteiger partial charge is 0.142 e. The van der Waals surface area contributed by atoms with Crippen molar-refractivity contribution in [3.8, 4) is 5.75 Å². The van der Waals surface area contributed by atoms with Gasteiger partial charge in [-0.3, -0.25) is 0 Å². The van der Waals surface area contributed by atoms with Crippen LogP contribution in [-0.4, -0.2) is 18.7 Å². The van der Waals surface area contributed by atoms with Crippen molar-refractivity contribution < 1.29 is 4.74 Å². The van der Waals surface area contributed by atoms with Crippen LogP contribution in [0.3, 0.4) is 0 Å². The Balaban J connectivity index is 2.02. The van der Waals surface area contributed by atoms with E-state index in [9.17, 15) is 0 Å². The Morgan fingerprint density at radius 1 is 1.50 bits per heavy atom. The van der Waals surface area contributed by atoms with Gasteiger partial charge in [-0.1, -0.05) is 6.07 Å². The van der Waals surface area contributed by atoms with Crippen molar-refractivity contribution in [1.29, 1.82) is 0 Å². The lowest BCUT2D eigenvalue weighted by atomic mass is 10.1. The van der Waals surface area contributed by atoms with Gasteiger partial charge < -0.3 is 15.8 Å². The number of hydrogen-bond donors (Lipinski definition) is 2. The monoisotopic (exact) mass is 220 g/mol. The molecule has 1 aromatic rings. The maximum Gasteiger partial charge on any atom is 0.142 e. The van der Waals surface area contributed by atoms with Crippen molar-refractivity contribution >= 4 is 5.69 Å². The fraction of sp³-hybridized carbons (Fsp3) is 0.538. The summed E-state index contributed by atoms with van der Waals surface area (Å²) < 4.78 is 5.90. The Bertz CT molecular complexity index is 359. The Kier molecular flexibility index (Phi) is 3.34. The minimum absolute atomic E-state index is 0.174. The molecule has 0 radical (unpaired) electrons. The predicted molar refractivity (Wildman–Crippen MR) is 66.7 cm³/mol. The van der Waals surface area contributed by atoms with Crippen LogP contribution in [0.2, 0.25) is 0 Å². The second-order valence-electron chi connectivity index (χ2n) is 4.57. The Morgan fingerprint density at radius 3 is 2.94 bits per heavy atom. The van der Waals surface area contributed by atoms with Crippen molar-refractivity contribution in [2.45, 2.75) is 38.8 Å². The second-order valence-corrected chi connectivity index (χ2v) is 4.57. The summed E-state index contributed by atoms with van der Waals surface area (Å²) in [6.45, 7) is 5.23. The van der Waals surface area contributed by atoms with Gasteiger partial charge in [0, 0.05) is 6.04 Å². The number of rotatable bonds is 3. The fourth-order valence-corrected chi connectivity index (χ4v) is 2.17. The van der Waals surface area contributed by atoms with E-state index in [4.69, 9.17) is 10.5 Å². The van der Waals surface area contributed by atoms with Crippen molar-refractivity contribution in [1.82, 2.24) is 5.32 Å². The third-order valence-electron chi connectivity index (χ3n) is 3.14. The van der Waals surface area contributed by atoms with Crippen molar-refractivity contribution in [2.24, 2.45) is 0 Å². The predicted octanol–water partition coefficient (Wildman–Crippen LogP) is 2.10. The second kappa shape index (κ2) is 4.74. The zero-order valence-corrected chi connectivity index (χ0v) is 9.99. The van der Waals surface area contributed by atoms with Crippen molar-refractivity contribution in [3.05, 3.63) is 23.8 Å². The molecule has 3 nitrogen and oxygen atoms in total. The van der Waals surface area contributed by atoms with Crippen molar-refractivity contribution in [3.63, 3.8) is 0 Å². The minimum Gasteiger partial charge on any atom is -0.487 e. The number of nitrogens with one attached hydrogen (secondary N) is 1. The van der Waals surface area contributed by atoms with Crippen molar-refractivity contribution in [2.75, 3.05) is 12.3 Å². The van der Waals surface area contributed by atoms with Crippen LogP contribution >= 0.6 is 0 Å². The number of aryl methyl sites for hydroxylation is 1. The van der Waals surface area contributed by atoms with Gasteiger partial charge in [-0.2, -0.15) is 0 Å². The van der Waals surface area contributed by atoms with Gasteiger partial charge in [-0.25, -0.2) is 0 Å². The third-order valence-corrected chi connectivity index (χ3v) is 3.14. The molecule has 0 aliphatic carbocycles. The number of nitrogens with two attached hydrogens (primary N) is 1. The van der Waals surface area contributed by atoms with Gasteiger partial charge in [0.05, 0.1) is 5.69 Å². The first-order valence-corrected chi connectivity index (χ1v) is 5.93. The van der Waals surface area contributed by atoms with Gasteiger partial charge in [-0.05, 0) is 50.9 Å². The molecule has 0 bridgehead atoms. The Hall–Kier alpha value is -1.22. The number of benzene rings is 1. The maximum atomic E-state index is 5.92. The van der Waals surface area contributed by atoms with E-state index in [1.54, 1.807) is 0 Å². The lowest BCUT2D eigenvalue weighted by Crippen LogP contribution is -2.36. The van der Waals surface area contributed by atoms with Crippen LogP contribution in [-0.2, 0) is 0 Å². The molecule has 0 amide bonds. The average Bonchev–Trinajstić information content (AvgIpc) is 2.75. The molecule has 1 fully saturated rings. The standard InChI is InChI=1S/C13H20N2O/c1-9-5-6-13(11(14)8-9)16-10(2)12-4-3-7-15-12/h5-6,8,10,12,15H,3-4,7,14H2,1-2H3. The van der Waals surface area contributed by atoms with E-state index in [1.165, 1.54) is 12.8 Å². The first-order valence-electron chi connectivity index (χ1n) is 5.93. The molecule has 1 heterocycles. The molecule has 1 saturated heterocycles. The summed E-state index contributed by atoms with van der Waals surface area (Å²) in [5, 5.41) is 3.44. The lowest BCUT2D eigenvalue weighted by molar-refractivity contribution is 0.181. The summed E-state index contributed by atoms with van der Waals surface area (Å²) in [5.41, 5.74) is 7.81. The molecular weight excluding hydrogens is 200 g/mol. The van der Waals surface area contributed by atoms with Gasteiger partial charge in [0.15, 0.2) is 0 Å². The summed E-state index contributed by atoms with van der Waals surface area (Å²) in [7, 11) is 0. The van der Waals surface area contributed by atoms with E-state index in [0.717, 1.165) is 23.5 Å². The molecule has 3 N–H and O–H groups in total. The average molecular weight is 220 g/mol. The molecular formula is C13H20N2O. The molecule has 0 saturated carbocycles. The first kappa shape index (κ1) is 11.3. The highest BCUT2D eigenvalue weighted by atomic mass is 16.5. The molecule has 2 unspecified atom stereocenters. The summed E-state index contributed by atoms with van der Waals surface area (Å²) in [4.78, 5) is 0. The van der Waals surface area contributed by atoms with Gasteiger partial charge in [0.2, 0.25) is 0 Å². The molecule has 88 valence electrons. The van der Waals surface area contributed by atoms with Crippen LogP contribution in [0.4, 0.5) is 5.69 Å². The molecule has 1 aliphatic heterocycles. The largest absolute Gasteiger partial charge is 0.487 e. The molecule has 1 aromatic carbocycles. The molecule has 0 aromatic heterocycles. The van der Waals surface area contributed by atoms with Gasteiger partial charge in [0.25, 0.3) is 0 Å². The summed E-state index contributed by atoms with van der Waals surface area (Å²) in [5.74, 6) is 0.798. The zero-order chi connectivity index (χ0) is 11.5. The SMILES string of the molecule is Cc1ccc(OC(C)C2CCCN2)c(N)c1. The normalized spacial score (nSPS) is 22.0. The molecule has 16 heavy (non-hydrogen) atoms. The van der Waals surface area contributed by atoms with Crippen LogP contribution in [0.25, 0.3) is 0 Å². The lowest BCUT2D eigenvalue weighted by Gasteiger charge is -2.22. The molecule has 0 spiro atoms. The van der Waals surface area contributed by atoms with E-state index in [2.05, 4.69) is 12.2 Å². The van der Waals surface area contributed by atoms with Crippen LogP contribution < -0.4 is 15.8 Å². The van der Waals surface area contributed by atoms with E-state index < -0.39 is 0 Å². The summed E-state index contributed by atoms with van der Waals surface area (Å²) >= 11 is 0. The third kappa shape index (κ3) is 2.47. The topological polar surface area (TPSA) is 47.3 Å². The number of anilines is 1. The Labute approximate surface area is 97.0 Å². The maximum absolute atomic E-state index is 5.92. The van der Waals surface area contributed by atoms with E-state index >= 15 is 0 Å². The van der Waals surface area contributed by atoms with E-state index in [0.29, 0.717) is 6.04 Å². The van der Waals surface area contributed by atoms with Gasteiger partial charge >= 0.3 is 0 Å². The van der Waals surface area contributed by atoms with Crippen LogP contribution in [0.1, 0.15) is 25.3 Å². The van der Waals surface area contributed by atoms with E-state index in [-0.39, 0.29) is 6.10 Å². The molecule has 2 rings (SSSR count). The molecule has 3 heteroatoms. The first-order chi connectivity index (χ1) is 7.66. The molecule has 2 atom stereocenters. The number of nitrogen functional groups attached to an aromatic ring is 1.